The van der Waals surface area contributed by atoms with Crippen molar-refractivity contribution in [3.8, 4) is 10.7 Å². The highest BCUT2D eigenvalue weighted by atomic mass is 32.1. The van der Waals surface area contributed by atoms with Crippen LogP contribution in [0.5, 0.6) is 0 Å². The van der Waals surface area contributed by atoms with E-state index in [1.165, 1.54) is 0 Å². The van der Waals surface area contributed by atoms with Crippen molar-refractivity contribution in [1.82, 2.24) is 9.55 Å². The van der Waals surface area contributed by atoms with Crippen molar-refractivity contribution < 1.29 is 5.11 Å². The van der Waals surface area contributed by atoms with Gasteiger partial charge in [-0.05, 0) is 29.1 Å². The Hall–Kier alpha value is -2.11. The van der Waals surface area contributed by atoms with Crippen LogP contribution in [0.15, 0.2) is 54.2 Å². The number of aromatic nitrogens is 2. The van der Waals surface area contributed by atoms with Gasteiger partial charge in [0.15, 0.2) is 0 Å². The van der Waals surface area contributed by atoms with E-state index >= 15 is 0 Å². The fraction of sp³-hybridized carbons (Fsp3) is 0.133. The molecule has 3 N–H and O–H groups in total. The summed E-state index contributed by atoms with van der Waals surface area (Å²) in [4.78, 5) is 5.45. The molecule has 20 heavy (non-hydrogen) atoms. The van der Waals surface area contributed by atoms with Gasteiger partial charge < -0.3 is 15.4 Å². The lowest BCUT2D eigenvalue weighted by atomic mass is 10.1. The molecule has 0 bridgehead atoms. The van der Waals surface area contributed by atoms with E-state index in [0.717, 1.165) is 16.3 Å². The lowest BCUT2D eigenvalue weighted by Gasteiger charge is -2.14. The highest BCUT2D eigenvalue weighted by molar-refractivity contribution is 7.13. The second kappa shape index (κ2) is 5.48. The number of aliphatic hydroxyl groups excluding tert-OH is 1. The van der Waals surface area contributed by atoms with E-state index in [-0.39, 0.29) is 0 Å². The molecule has 2 heterocycles. The van der Waals surface area contributed by atoms with Gasteiger partial charge in [-0.2, -0.15) is 0 Å². The van der Waals surface area contributed by atoms with Crippen LogP contribution in [0.3, 0.4) is 0 Å². The Morgan fingerprint density at radius 2 is 2.20 bits per heavy atom. The predicted octanol–water partition coefficient (Wildman–Crippen LogP) is 2.93. The molecule has 0 aliphatic rings. The van der Waals surface area contributed by atoms with Gasteiger partial charge in [-0.15, -0.1) is 11.3 Å². The predicted molar refractivity (Wildman–Crippen MR) is 81.4 cm³/mol. The van der Waals surface area contributed by atoms with E-state index in [4.69, 9.17) is 5.73 Å². The van der Waals surface area contributed by atoms with E-state index in [1.807, 2.05) is 46.5 Å². The van der Waals surface area contributed by atoms with Crippen LogP contribution in [0.2, 0.25) is 0 Å². The Morgan fingerprint density at radius 1 is 1.30 bits per heavy atom. The Bertz CT molecular complexity index is 691. The first kappa shape index (κ1) is 12.9. The number of aliphatic hydroxyl groups is 1. The second-order valence-electron chi connectivity index (χ2n) is 4.57. The molecule has 1 aromatic carbocycles. The second-order valence-corrected chi connectivity index (χ2v) is 5.51. The van der Waals surface area contributed by atoms with Crippen LogP contribution in [0.4, 0.5) is 5.69 Å². The molecule has 0 fully saturated rings. The molecule has 3 aromatic rings. The topological polar surface area (TPSA) is 64.1 Å². The number of thiophene rings is 1. The molecule has 0 amide bonds. The number of nitrogens with zero attached hydrogens (tertiary/aromatic N) is 2. The highest BCUT2D eigenvalue weighted by Crippen LogP contribution is 2.25. The standard InChI is InChI=1S/C15H15N3OS/c16-12-4-1-3-11(9-12)13(19)10-18-7-6-17-15(18)14-5-2-8-20-14/h1-9,13,19H,10,16H2. The summed E-state index contributed by atoms with van der Waals surface area (Å²) in [6.45, 7) is 0.455. The zero-order valence-electron chi connectivity index (χ0n) is 10.8. The summed E-state index contributed by atoms with van der Waals surface area (Å²) in [6.07, 6.45) is 3.03. The Labute approximate surface area is 121 Å². The van der Waals surface area contributed by atoms with Crippen molar-refractivity contribution in [3.05, 3.63) is 59.7 Å². The zero-order valence-corrected chi connectivity index (χ0v) is 11.6. The molecule has 0 saturated heterocycles. The molecule has 1 atom stereocenters. The molecule has 0 saturated carbocycles. The molecule has 0 spiro atoms. The zero-order chi connectivity index (χ0) is 13.9. The van der Waals surface area contributed by atoms with Gasteiger partial charge >= 0.3 is 0 Å². The SMILES string of the molecule is Nc1cccc(C(O)Cn2ccnc2-c2cccs2)c1. The highest BCUT2D eigenvalue weighted by Gasteiger charge is 2.13. The first-order chi connectivity index (χ1) is 9.74. The fourth-order valence-corrected chi connectivity index (χ4v) is 2.88. The summed E-state index contributed by atoms with van der Waals surface area (Å²) < 4.78 is 1.96. The normalized spacial score (nSPS) is 12.4. The van der Waals surface area contributed by atoms with Gasteiger partial charge in [0.2, 0.25) is 0 Å². The summed E-state index contributed by atoms with van der Waals surface area (Å²) >= 11 is 1.64. The third-order valence-corrected chi connectivity index (χ3v) is 3.99. The van der Waals surface area contributed by atoms with Crippen molar-refractivity contribution in [2.24, 2.45) is 0 Å². The number of imidazole rings is 1. The van der Waals surface area contributed by atoms with Crippen molar-refractivity contribution >= 4 is 17.0 Å². The summed E-state index contributed by atoms with van der Waals surface area (Å²) in [5.74, 6) is 0.878. The first-order valence-electron chi connectivity index (χ1n) is 6.32. The van der Waals surface area contributed by atoms with Gasteiger partial charge in [-0.25, -0.2) is 4.98 Å². The molecule has 2 aromatic heterocycles. The average molecular weight is 285 g/mol. The number of hydrogen-bond acceptors (Lipinski definition) is 4. The van der Waals surface area contributed by atoms with Gasteiger partial charge in [-0.3, -0.25) is 0 Å². The molecule has 102 valence electrons. The van der Waals surface area contributed by atoms with Gasteiger partial charge in [-0.1, -0.05) is 18.2 Å². The maximum Gasteiger partial charge on any atom is 0.150 e. The molecular weight excluding hydrogens is 270 g/mol. The largest absolute Gasteiger partial charge is 0.399 e. The Balaban J connectivity index is 1.84. The maximum absolute atomic E-state index is 10.3. The number of benzene rings is 1. The lowest BCUT2D eigenvalue weighted by Crippen LogP contribution is -2.09. The lowest BCUT2D eigenvalue weighted by molar-refractivity contribution is 0.157. The van der Waals surface area contributed by atoms with E-state index in [9.17, 15) is 5.11 Å². The van der Waals surface area contributed by atoms with Gasteiger partial charge in [0, 0.05) is 18.1 Å². The van der Waals surface area contributed by atoms with Crippen LogP contribution in [0.25, 0.3) is 10.7 Å². The quantitative estimate of drug-likeness (QED) is 0.724. The Kier molecular flexibility index (Phi) is 3.54. The minimum absolute atomic E-state index is 0.455. The minimum atomic E-state index is -0.605. The maximum atomic E-state index is 10.3. The smallest absolute Gasteiger partial charge is 0.150 e. The van der Waals surface area contributed by atoms with Crippen LogP contribution < -0.4 is 5.73 Å². The van der Waals surface area contributed by atoms with Crippen molar-refractivity contribution in [2.75, 3.05) is 5.73 Å². The minimum Gasteiger partial charge on any atom is -0.399 e. The molecule has 0 radical (unpaired) electrons. The molecule has 0 aliphatic heterocycles. The molecule has 1 unspecified atom stereocenters. The van der Waals surface area contributed by atoms with Crippen LogP contribution in [0, 0.1) is 0 Å². The van der Waals surface area contributed by atoms with Gasteiger partial charge in [0.25, 0.3) is 0 Å². The average Bonchev–Trinajstić information content (AvgIpc) is 3.08. The van der Waals surface area contributed by atoms with Crippen LogP contribution in [0.1, 0.15) is 11.7 Å². The number of rotatable bonds is 4. The summed E-state index contributed by atoms with van der Waals surface area (Å²) in [7, 11) is 0. The van der Waals surface area contributed by atoms with E-state index in [1.54, 1.807) is 23.6 Å². The third kappa shape index (κ3) is 2.59. The summed E-state index contributed by atoms with van der Waals surface area (Å²) in [5, 5.41) is 12.4. The number of nitrogen functional groups attached to an aromatic ring is 1. The van der Waals surface area contributed by atoms with Gasteiger partial charge in [0.1, 0.15) is 5.82 Å². The van der Waals surface area contributed by atoms with Gasteiger partial charge in [0.05, 0.1) is 17.5 Å². The summed E-state index contributed by atoms with van der Waals surface area (Å²) in [5.41, 5.74) is 7.22. The number of hydrogen-bond donors (Lipinski definition) is 2. The molecule has 4 nitrogen and oxygen atoms in total. The molecule has 3 rings (SSSR count). The van der Waals surface area contributed by atoms with Crippen molar-refractivity contribution in [2.45, 2.75) is 12.6 Å². The van der Waals surface area contributed by atoms with Crippen LogP contribution in [-0.4, -0.2) is 14.7 Å². The fourth-order valence-electron chi connectivity index (χ4n) is 2.15. The first-order valence-corrected chi connectivity index (χ1v) is 7.20. The Morgan fingerprint density at radius 3 is 2.95 bits per heavy atom. The summed E-state index contributed by atoms with van der Waals surface area (Å²) in [6, 6.07) is 11.4. The monoisotopic (exact) mass is 285 g/mol. The van der Waals surface area contributed by atoms with Crippen LogP contribution in [-0.2, 0) is 6.54 Å². The van der Waals surface area contributed by atoms with Crippen LogP contribution >= 0.6 is 11.3 Å². The van der Waals surface area contributed by atoms with Crippen molar-refractivity contribution in [3.63, 3.8) is 0 Å². The molecule has 5 heteroatoms. The molecular formula is C15H15N3OS. The van der Waals surface area contributed by atoms with E-state index < -0.39 is 6.10 Å². The molecule has 0 aliphatic carbocycles. The van der Waals surface area contributed by atoms with E-state index in [2.05, 4.69) is 4.98 Å². The van der Waals surface area contributed by atoms with E-state index in [0.29, 0.717) is 12.2 Å². The van der Waals surface area contributed by atoms with Crippen molar-refractivity contribution in [1.29, 1.82) is 0 Å². The number of nitrogens with two attached hydrogens (primary N) is 1. The number of anilines is 1. The third-order valence-electron chi connectivity index (χ3n) is 3.12.